The molecule has 0 aromatic carbocycles. The van der Waals surface area contributed by atoms with Crippen LogP contribution in [0.1, 0.15) is 25.0 Å². The molecule has 1 N–H and O–H groups in total. The van der Waals surface area contributed by atoms with Crippen LogP contribution in [0, 0.1) is 0 Å². The molecule has 2 unspecified atom stereocenters. The van der Waals surface area contributed by atoms with E-state index in [0.29, 0.717) is 18.5 Å². The molecule has 4 nitrogen and oxygen atoms in total. The Morgan fingerprint density at radius 3 is 2.84 bits per heavy atom. The maximum absolute atomic E-state index is 12.8. The van der Waals surface area contributed by atoms with E-state index in [9.17, 15) is 4.79 Å². The van der Waals surface area contributed by atoms with Crippen molar-refractivity contribution in [3.8, 4) is 9.88 Å². The fraction of sp³-hybridized carbons (Fsp3) is 0.500. The minimum Gasteiger partial charge on any atom is -0.335 e. The van der Waals surface area contributed by atoms with E-state index in [0.717, 1.165) is 52.3 Å². The molecule has 2 fully saturated rings. The third kappa shape index (κ3) is 4.49. The Morgan fingerprint density at radius 2 is 2.08 bits per heavy atom. The smallest absolute Gasteiger partial charge is 0.229 e. The van der Waals surface area contributed by atoms with E-state index in [4.69, 9.17) is 11.6 Å². The summed E-state index contributed by atoms with van der Waals surface area (Å²) in [4.78, 5) is 20.6. The van der Waals surface area contributed by atoms with Crippen LogP contribution >= 0.6 is 59.1 Å². The fourth-order valence-corrected chi connectivity index (χ4v) is 5.50. The maximum atomic E-state index is 12.8. The van der Waals surface area contributed by atoms with E-state index in [1.165, 1.54) is 11.3 Å². The highest BCUT2D eigenvalue weighted by molar-refractivity contribution is 7.23. The SMILES string of the molecule is Cl.Cl.O=C(Cc1csc(-c2ccc(Cl)s2)n1)N1C2CCNCC1CC2. The van der Waals surface area contributed by atoms with Gasteiger partial charge in [0.15, 0.2) is 0 Å². The number of halogens is 3. The van der Waals surface area contributed by atoms with E-state index in [-0.39, 0.29) is 30.7 Å². The summed E-state index contributed by atoms with van der Waals surface area (Å²) in [6, 6.07) is 4.65. The maximum Gasteiger partial charge on any atom is 0.229 e. The lowest BCUT2D eigenvalue weighted by molar-refractivity contribution is -0.133. The Labute approximate surface area is 172 Å². The van der Waals surface area contributed by atoms with Crippen molar-refractivity contribution in [1.82, 2.24) is 15.2 Å². The van der Waals surface area contributed by atoms with Gasteiger partial charge in [-0.3, -0.25) is 4.79 Å². The highest BCUT2D eigenvalue weighted by Crippen LogP contribution is 2.33. The number of rotatable bonds is 3. The van der Waals surface area contributed by atoms with E-state index >= 15 is 0 Å². The Hall–Kier alpha value is -0.370. The van der Waals surface area contributed by atoms with E-state index < -0.39 is 0 Å². The number of aromatic nitrogens is 1. The molecule has 2 aliphatic heterocycles. The third-order valence-electron chi connectivity index (χ3n) is 4.61. The van der Waals surface area contributed by atoms with Crippen LogP contribution in [-0.4, -0.2) is 41.0 Å². The summed E-state index contributed by atoms with van der Waals surface area (Å²) in [6.07, 6.45) is 3.74. The van der Waals surface area contributed by atoms with Crippen LogP contribution in [0.25, 0.3) is 9.88 Å². The van der Waals surface area contributed by atoms with Crippen molar-refractivity contribution in [2.24, 2.45) is 0 Å². The molecule has 9 heteroatoms. The first-order valence-electron chi connectivity index (χ1n) is 7.92. The molecule has 2 aromatic rings. The summed E-state index contributed by atoms with van der Waals surface area (Å²) in [6.45, 7) is 1.95. The van der Waals surface area contributed by atoms with Crippen LogP contribution in [0.3, 0.4) is 0 Å². The Bertz CT molecular complexity index is 707. The molecule has 25 heavy (non-hydrogen) atoms. The second-order valence-corrected chi connectivity index (χ2v) is 8.68. The number of thiazole rings is 1. The van der Waals surface area contributed by atoms with Gasteiger partial charge in [-0.15, -0.1) is 47.5 Å². The van der Waals surface area contributed by atoms with Crippen LogP contribution in [0.15, 0.2) is 17.5 Å². The molecule has 2 atom stereocenters. The Kier molecular flexibility index (Phi) is 7.55. The molecule has 138 valence electrons. The summed E-state index contributed by atoms with van der Waals surface area (Å²) in [5.41, 5.74) is 0.871. The average Bonchev–Trinajstić information content (AvgIpc) is 3.18. The van der Waals surface area contributed by atoms with Gasteiger partial charge in [-0.2, -0.15) is 0 Å². The number of hydrogen-bond acceptors (Lipinski definition) is 5. The molecule has 2 aromatic heterocycles. The van der Waals surface area contributed by atoms with Crippen molar-refractivity contribution >= 4 is 65.0 Å². The predicted molar refractivity (Wildman–Crippen MR) is 110 cm³/mol. The largest absolute Gasteiger partial charge is 0.335 e. The topological polar surface area (TPSA) is 45.2 Å². The first-order valence-corrected chi connectivity index (χ1v) is 10.00. The quantitative estimate of drug-likeness (QED) is 0.775. The molecule has 4 heterocycles. The molecular formula is C16H20Cl3N3OS2. The second-order valence-electron chi connectivity index (χ2n) is 6.10. The van der Waals surface area contributed by atoms with Gasteiger partial charge in [0, 0.05) is 24.0 Å². The number of fused-ring (bicyclic) bond motifs is 2. The molecule has 2 saturated heterocycles. The first kappa shape index (κ1) is 20.9. The molecule has 4 rings (SSSR count). The van der Waals surface area contributed by atoms with Gasteiger partial charge in [-0.1, -0.05) is 11.6 Å². The van der Waals surface area contributed by atoms with Crippen LogP contribution in [0.2, 0.25) is 4.34 Å². The summed E-state index contributed by atoms with van der Waals surface area (Å²) in [7, 11) is 0. The van der Waals surface area contributed by atoms with Gasteiger partial charge in [-0.05, 0) is 37.9 Å². The predicted octanol–water partition coefficient (Wildman–Crippen LogP) is 4.26. The van der Waals surface area contributed by atoms with Gasteiger partial charge >= 0.3 is 0 Å². The van der Waals surface area contributed by atoms with Crippen molar-refractivity contribution in [2.45, 2.75) is 37.8 Å². The third-order valence-corrected chi connectivity index (χ3v) is 6.90. The lowest BCUT2D eigenvalue weighted by Crippen LogP contribution is -2.43. The van der Waals surface area contributed by atoms with E-state index in [2.05, 4.69) is 15.2 Å². The lowest BCUT2D eigenvalue weighted by Gasteiger charge is -2.27. The van der Waals surface area contributed by atoms with Gasteiger partial charge in [0.05, 0.1) is 21.3 Å². The molecule has 1 amide bonds. The average molecular weight is 441 g/mol. The van der Waals surface area contributed by atoms with Crippen molar-refractivity contribution in [3.05, 3.63) is 27.5 Å². The van der Waals surface area contributed by atoms with Crippen LogP contribution < -0.4 is 5.32 Å². The highest BCUT2D eigenvalue weighted by Gasteiger charge is 2.37. The standard InChI is InChI=1S/C16H18ClN3OS2.2ClH/c17-14-4-3-13(23-14)16-19-10(9-22-16)7-15(21)20-11-1-2-12(20)8-18-6-5-11;;/h3-4,9,11-12,18H,1-2,5-8H2;2*1H. The summed E-state index contributed by atoms with van der Waals surface area (Å²) in [5.74, 6) is 0.224. The minimum atomic E-state index is 0. The highest BCUT2D eigenvalue weighted by atomic mass is 35.5. The number of thiophene rings is 1. The van der Waals surface area contributed by atoms with Gasteiger partial charge in [0.1, 0.15) is 5.01 Å². The second kappa shape index (κ2) is 9.02. The zero-order valence-electron chi connectivity index (χ0n) is 13.4. The molecule has 0 radical (unpaired) electrons. The number of hydrogen-bond donors (Lipinski definition) is 1. The summed E-state index contributed by atoms with van der Waals surface area (Å²) >= 11 is 9.09. The number of amides is 1. The monoisotopic (exact) mass is 439 g/mol. The van der Waals surface area contributed by atoms with Crippen LogP contribution in [0.5, 0.6) is 0 Å². The molecule has 0 spiro atoms. The number of nitrogens with one attached hydrogen (secondary N) is 1. The number of carbonyl (C=O) groups excluding carboxylic acids is 1. The molecule has 0 saturated carbocycles. The molecule has 2 aliphatic rings. The van der Waals surface area contributed by atoms with Gasteiger partial charge < -0.3 is 10.2 Å². The van der Waals surface area contributed by atoms with E-state index in [1.54, 1.807) is 11.3 Å². The normalized spacial score (nSPS) is 22.0. The Morgan fingerprint density at radius 1 is 1.28 bits per heavy atom. The van der Waals surface area contributed by atoms with Crippen molar-refractivity contribution in [2.75, 3.05) is 13.1 Å². The Balaban J connectivity index is 0.00000113. The minimum absolute atomic E-state index is 0. The fourth-order valence-electron chi connectivity index (χ4n) is 3.57. The van der Waals surface area contributed by atoms with Crippen LogP contribution in [-0.2, 0) is 11.2 Å². The van der Waals surface area contributed by atoms with Gasteiger partial charge in [-0.25, -0.2) is 4.98 Å². The molecular weight excluding hydrogens is 421 g/mol. The molecule has 0 aliphatic carbocycles. The van der Waals surface area contributed by atoms with Gasteiger partial charge in [0.25, 0.3) is 0 Å². The van der Waals surface area contributed by atoms with E-state index in [1.807, 2.05) is 17.5 Å². The summed E-state index contributed by atoms with van der Waals surface area (Å²) < 4.78 is 0.765. The van der Waals surface area contributed by atoms with Crippen molar-refractivity contribution < 1.29 is 4.79 Å². The summed E-state index contributed by atoms with van der Waals surface area (Å²) in [5, 5.41) is 6.38. The number of nitrogens with zero attached hydrogens (tertiary/aromatic N) is 2. The zero-order chi connectivity index (χ0) is 15.8. The van der Waals surface area contributed by atoms with Crippen molar-refractivity contribution in [3.63, 3.8) is 0 Å². The molecule has 2 bridgehead atoms. The zero-order valence-corrected chi connectivity index (χ0v) is 17.5. The van der Waals surface area contributed by atoms with Crippen LogP contribution in [0.4, 0.5) is 0 Å². The lowest BCUT2D eigenvalue weighted by atomic mass is 10.1. The first-order chi connectivity index (χ1) is 11.2. The van der Waals surface area contributed by atoms with Crippen molar-refractivity contribution in [1.29, 1.82) is 0 Å². The van der Waals surface area contributed by atoms with Gasteiger partial charge in [0.2, 0.25) is 5.91 Å². The number of carbonyl (C=O) groups is 1.